The molecule has 1 aliphatic heterocycles. The van der Waals surface area contributed by atoms with E-state index in [1.807, 2.05) is 13.8 Å². The fourth-order valence-corrected chi connectivity index (χ4v) is 2.71. The fourth-order valence-electron chi connectivity index (χ4n) is 2.71. The van der Waals surface area contributed by atoms with Crippen molar-refractivity contribution in [2.24, 2.45) is 5.92 Å². The van der Waals surface area contributed by atoms with Gasteiger partial charge in [-0.2, -0.15) is 0 Å². The third-order valence-corrected chi connectivity index (χ3v) is 3.98. The Morgan fingerprint density at radius 3 is 2.86 bits per heavy atom. The highest BCUT2D eigenvalue weighted by molar-refractivity contribution is 5.97. The number of carbonyl (C=O) groups excluding carboxylic acids is 1. The molecule has 22 heavy (non-hydrogen) atoms. The molecule has 116 valence electrons. The number of aromatic nitrogens is 2. The average Bonchev–Trinajstić information content (AvgIpc) is 3.12. The van der Waals surface area contributed by atoms with E-state index >= 15 is 0 Å². The van der Waals surface area contributed by atoms with Gasteiger partial charge in [0.15, 0.2) is 0 Å². The molecule has 7 heteroatoms. The van der Waals surface area contributed by atoms with Crippen molar-refractivity contribution in [3.05, 3.63) is 23.5 Å². The van der Waals surface area contributed by atoms with Crippen LogP contribution in [0.1, 0.15) is 42.2 Å². The minimum absolute atomic E-state index is 0.163. The van der Waals surface area contributed by atoms with Crippen LogP contribution in [-0.2, 0) is 4.79 Å². The van der Waals surface area contributed by atoms with E-state index in [9.17, 15) is 9.59 Å². The smallest absolute Gasteiger partial charge is 0.308 e. The molecule has 1 N–H and O–H groups in total. The second-order valence-corrected chi connectivity index (χ2v) is 5.87. The number of hydrogen-bond donors (Lipinski definition) is 1. The molecule has 0 radical (unpaired) electrons. The zero-order valence-electron chi connectivity index (χ0n) is 12.4. The van der Waals surface area contributed by atoms with Crippen molar-refractivity contribution < 1.29 is 19.2 Å². The first-order valence-electron chi connectivity index (χ1n) is 7.24. The van der Waals surface area contributed by atoms with Gasteiger partial charge in [0, 0.05) is 19.3 Å². The number of amides is 1. The van der Waals surface area contributed by atoms with Crippen molar-refractivity contribution in [2.75, 3.05) is 13.1 Å². The molecule has 1 saturated heterocycles. The van der Waals surface area contributed by atoms with Crippen LogP contribution in [0.15, 0.2) is 16.8 Å². The summed E-state index contributed by atoms with van der Waals surface area (Å²) in [5, 5.41) is 13.7. The van der Waals surface area contributed by atoms with Crippen LogP contribution in [0.2, 0.25) is 0 Å². The predicted octanol–water partition coefficient (Wildman–Crippen LogP) is 1.89. The summed E-state index contributed by atoms with van der Waals surface area (Å²) in [6.07, 6.45) is 1.94. The zero-order chi connectivity index (χ0) is 15.9. The quantitative estimate of drug-likeness (QED) is 0.930. The molecule has 7 nitrogen and oxygen atoms in total. The third kappa shape index (κ3) is 2.43. The molecule has 0 aliphatic carbocycles. The standard InChI is InChI=1S/C15H17N3O4/c1-8(2)12-11-5-10(6-16-13(11)22-17-12)14(19)18-4-3-9(7-18)15(20)21/h5-6,8-9H,3-4,7H2,1-2H3,(H,20,21)/t9-/m1/s1. The number of likely N-dealkylation sites (tertiary alicyclic amines) is 1. The number of aliphatic carboxylic acids is 1. The lowest BCUT2D eigenvalue weighted by atomic mass is 10.1. The molecule has 2 aromatic heterocycles. The van der Waals surface area contributed by atoms with Crippen LogP contribution < -0.4 is 0 Å². The molecular formula is C15H17N3O4. The van der Waals surface area contributed by atoms with Crippen molar-refractivity contribution >= 4 is 23.0 Å². The Bertz CT molecular complexity index is 737. The molecule has 3 rings (SSSR count). The summed E-state index contributed by atoms with van der Waals surface area (Å²) in [5.74, 6) is -1.38. The zero-order valence-corrected chi connectivity index (χ0v) is 12.4. The number of pyridine rings is 1. The summed E-state index contributed by atoms with van der Waals surface area (Å²) < 4.78 is 5.16. The van der Waals surface area contributed by atoms with Crippen LogP contribution in [0, 0.1) is 5.92 Å². The highest BCUT2D eigenvalue weighted by Crippen LogP contribution is 2.25. The van der Waals surface area contributed by atoms with Gasteiger partial charge in [0.2, 0.25) is 0 Å². The first kappa shape index (κ1) is 14.5. The molecule has 0 unspecified atom stereocenters. The van der Waals surface area contributed by atoms with Crippen molar-refractivity contribution in [2.45, 2.75) is 26.2 Å². The number of nitrogens with zero attached hydrogens (tertiary/aromatic N) is 3. The van der Waals surface area contributed by atoms with Crippen molar-refractivity contribution in [3.63, 3.8) is 0 Å². The van der Waals surface area contributed by atoms with Gasteiger partial charge in [-0.05, 0) is 18.4 Å². The second-order valence-electron chi connectivity index (χ2n) is 5.87. The van der Waals surface area contributed by atoms with E-state index in [1.165, 1.54) is 6.20 Å². The first-order valence-corrected chi connectivity index (χ1v) is 7.24. The molecule has 0 bridgehead atoms. The molecule has 1 fully saturated rings. The predicted molar refractivity (Wildman–Crippen MR) is 77.5 cm³/mol. The summed E-state index contributed by atoms with van der Waals surface area (Å²) in [4.78, 5) is 29.2. The molecule has 0 spiro atoms. The van der Waals surface area contributed by atoms with Gasteiger partial charge in [0.25, 0.3) is 11.6 Å². The van der Waals surface area contributed by atoms with E-state index < -0.39 is 11.9 Å². The van der Waals surface area contributed by atoms with E-state index in [4.69, 9.17) is 9.63 Å². The van der Waals surface area contributed by atoms with Crippen molar-refractivity contribution in [1.29, 1.82) is 0 Å². The topological polar surface area (TPSA) is 96.5 Å². The number of rotatable bonds is 3. The Kier molecular flexibility index (Phi) is 3.56. The number of hydrogen-bond acceptors (Lipinski definition) is 5. The number of carbonyl (C=O) groups is 2. The monoisotopic (exact) mass is 303 g/mol. The normalized spacial score (nSPS) is 18.3. The Hall–Kier alpha value is -2.44. The molecule has 2 aromatic rings. The van der Waals surface area contributed by atoms with E-state index in [-0.39, 0.29) is 18.4 Å². The van der Waals surface area contributed by atoms with Crippen LogP contribution in [0.4, 0.5) is 0 Å². The summed E-state index contributed by atoms with van der Waals surface area (Å²) >= 11 is 0. The number of fused-ring (bicyclic) bond motifs is 1. The Labute approximate surface area is 126 Å². The van der Waals surface area contributed by atoms with Gasteiger partial charge in [-0.25, -0.2) is 4.98 Å². The van der Waals surface area contributed by atoms with Crippen LogP contribution in [0.25, 0.3) is 11.1 Å². The number of carboxylic acid groups (broad SMARTS) is 1. The minimum Gasteiger partial charge on any atom is -0.481 e. The maximum Gasteiger partial charge on any atom is 0.308 e. The molecule has 3 heterocycles. The van der Waals surface area contributed by atoms with E-state index in [2.05, 4.69) is 10.1 Å². The first-order chi connectivity index (χ1) is 10.5. The second kappa shape index (κ2) is 5.40. The highest BCUT2D eigenvalue weighted by atomic mass is 16.5. The van der Waals surface area contributed by atoms with Crippen LogP contribution in [0.5, 0.6) is 0 Å². The summed E-state index contributed by atoms with van der Waals surface area (Å²) in [6, 6.07) is 1.73. The van der Waals surface area contributed by atoms with Crippen LogP contribution in [-0.4, -0.2) is 45.1 Å². The van der Waals surface area contributed by atoms with Gasteiger partial charge in [0.1, 0.15) is 0 Å². The van der Waals surface area contributed by atoms with Gasteiger partial charge >= 0.3 is 5.97 Å². The average molecular weight is 303 g/mol. The fraction of sp³-hybridized carbons (Fsp3) is 0.467. The molecule has 1 atom stereocenters. The Morgan fingerprint density at radius 1 is 1.45 bits per heavy atom. The van der Waals surface area contributed by atoms with Crippen LogP contribution >= 0.6 is 0 Å². The van der Waals surface area contributed by atoms with Gasteiger partial charge in [-0.3, -0.25) is 9.59 Å². The van der Waals surface area contributed by atoms with Crippen LogP contribution in [0.3, 0.4) is 0 Å². The lowest BCUT2D eigenvalue weighted by molar-refractivity contribution is -0.141. The maximum atomic E-state index is 12.5. The van der Waals surface area contributed by atoms with Crippen molar-refractivity contribution in [3.8, 4) is 0 Å². The SMILES string of the molecule is CC(C)c1noc2ncc(C(=O)N3CC[C@@H](C(=O)O)C3)cc12. The van der Waals surface area contributed by atoms with E-state index in [0.29, 0.717) is 24.2 Å². The highest BCUT2D eigenvalue weighted by Gasteiger charge is 2.31. The minimum atomic E-state index is -0.856. The molecule has 1 amide bonds. The van der Waals surface area contributed by atoms with E-state index in [1.54, 1.807) is 11.0 Å². The summed E-state index contributed by atoms with van der Waals surface area (Å²) in [7, 11) is 0. The Balaban J connectivity index is 1.88. The van der Waals surface area contributed by atoms with Crippen molar-refractivity contribution in [1.82, 2.24) is 15.0 Å². The Morgan fingerprint density at radius 2 is 2.23 bits per heavy atom. The maximum absolute atomic E-state index is 12.5. The van der Waals surface area contributed by atoms with Gasteiger partial charge < -0.3 is 14.5 Å². The summed E-state index contributed by atoms with van der Waals surface area (Å²) in [5.41, 5.74) is 1.61. The molecule has 1 aliphatic rings. The molecular weight excluding hydrogens is 286 g/mol. The lowest BCUT2D eigenvalue weighted by Crippen LogP contribution is -2.30. The largest absolute Gasteiger partial charge is 0.481 e. The van der Waals surface area contributed by atoms with Gasteiger partial charge in [0.05, 0.1) is 22.6 Å². The van der Waals surface area contributed by atoms with Gasteiger partial charge in [-0.1, -0.05) is 19.0 Å². The molecule has 0 aromatic carbocycles. The third-order valence-electron chi connectivity index (χ3n) is 3.98. The number of carboxylic acids is 1. The van der Waals surface area contributed by atoms with E-state index in [0.717, 1.165) is 11.1 Å². The van der Waals surface area contributed by atoms with Gasteiger partial charge in [-0.15, -0.1) is 0 Å². The molecule has 0 saturated carbocycles. The summed E-state index contributed by atoms with van der Waals surface area (Å²) in [6.45, 7) is 4.68. The lowest BCUT2D eigenvalue weighted by Gasteiger charge is -2.15.